The first-order valence-corrected chi connectivity index (χ1v) is 8.15. The normalized spacial score (nSPS) is 17.5. The molecule has 126 valence electrons. The van der Waals surface area contributed by atoms with Crippen LogP contribution >= 0.6 is 0 Å². The standard InChI is InChI=1S/C20H18N2O3/c1-21-12-17(15-5-3-4-6-18(15)21)16-11-19(23)22(20(16)24)13-7-9-14(25-2)10-8-13/h3-10,12,16H,11H2,1-2H3. The van der Waals surface area contributed by atoms with Crippen LogP contribution in [0.4, 0.5) is 5.69 Å². The summed E-state index contributed by atoms with van der Waals surface area (Å²) in [6.07, 6.45) is 2.15. The molecule has 4 rings (SSSR count). The van der Waals surface area contributed by atoms with Crippen molar-refractivity contribution in [3.05, 3.63) is 60.3 Å². The molecule has 5 nitrogen and oxygen atoms in total. The average Bonchev–Trinajstić information content (AvgIpc) is 3.12. The lowest BCUT2D eigenvalue weighted by Crippen LogP contribution is -2.29. The van der Waals surface area contributed by atoms with Crippen molar-refractivity contribution < 1.29 is 14.3 Å². The van der Waals surface area contributed by atoms with Crippen LogP contribution in [0.2, 0.25) is 0 Å². The summed E-state index contributed by atoms with van der Waals surface area (Å²) >= 11 is 0. The first-order chi connectivity index (χ1) is 12.1. The van der Waals surface area contributed by atoms with Crippen LogP contribution in [0, 0.1) is 0 Å². The third-order valence-corrected chi connectivity index (χ3v) is 4.78. The zero-order valence-electron chi connectivity index (χ0n) is 14.1. The Bertz CT molecular complexity index is 972. The maximum atomic E-state index is 13.0. The number of para-hydroxylation sites is 1. The molecule has 0 saturated carbocycles. The summed E-state index contributed by atoms with van der Waals surface area (Å²) in [5, 5.41) is 1.02. The summed E-state index contributed by atoms with van der Waals surface area (Å²) in [6.45, 7) is 0. The molecule has 0 bridgehead atoms. The van der Waals surface area contributed by atoms with E-state index < -0.39 is 5.92 Å². The monoisotopic (exact) mass is 334 g/mol. The van der Waals surface area contributed by atoms with Gasteiger partial charge in [0.2, 0.25) is 11.8 Å². The highest BCUT2D eigenvalue weighted by Gasteiger charge is 2.41. The van der Waals surface area contributed by atoms with Crippen LogP contribution in [-0.2, 0) is 16.6 Å². The molecule has 1 aliphatic heterocycles. The molecule has 1 aliphatic rings. The third kappa shape index (κ3) is 2.39. The quantitative estimate of drug-likeness (QED) is 0.691. The minimum absolute atomic E-state index is 0.173. The fourth-order valence-electron chi connectivity index (χ4n) is 3.53. The zero-order chi connectivity index (χ0) is 17.6. The third-order valence-electron chi connectivity index (χ3n) is 4.78. The lowest BCUT2D eigenvalue weighted by atomic mass is 9.97. The Morgan fingerprint density at radius 3 is 2.48 bits per heavy atom. The van der Waals surface area contributed by atoms with E-state index in [-0.39, 0.29) is 18.2 Å². The highest BCUT2D eigenvalue weighted by Crippen LogP contribution is 2.37. The van der Waals surface area contributed by atoms with E-state index in [1.807, 2.05) is 42.1 Å². The molecule has 1 saturated heterocycles. The second-order valence-electron chi connectivity index (χ2n) is 6.23. The molecule has 5 heteroatoms. The summed E-state index contributed by atoms with van der Waals surface area (Å²) < 4.78 is 7.13. The summed E-state index contributed by atoms with van der Waals surface area (Å²) in [5.41, 5.74) is 2.55. The number of aromatic nitrogens is 1. The van der Waals surface area contributed by atoms with Gasteiger partial charge in [-0.1, -0.05) is 18.2 Å². The number of nitrogens with zero attached hydrogens (tertiary/aromatic N) is 2. The maximum Gasteiger partial charge on any atom is 0.241 e. The van der Waals surface area contributed by atoms with E-state index in [2.05, 4.69) is 0 Å². The molecule has 1 unspecified atom stereocenters. The van der Waals surface area contributed by atoms with Crippen LogP contribution in [0.3, 0.4) is 0 Å². The Hall–Kier alpha value is -3.08. The van der Waals surface area contributed by atoms with Crippen molar-refractivity contribution in [1.29, 1.82) is 0 Å². The van der Waals surface area contributed by atoms with Gasteiger partial charge in [-0.15, -0.1) is 0 Å². The van der Waals surface area contributed by atoms with Gasteiger partial charge in [0.1, 0.15) is 5.75 Å². The van der Waals surface area contributed by atoms with E-state index in [0.717, 1.165) is 16.5 Å². The average molecular weight is 334 g/mol. The van der Waals surface area contributed by atoms with Gasteiger partial charge in [0.15, 0.2) is 0 Å². The number of methoxy groups -OCH3 is 1. The molecule has 0 radical (unpaired) electrons. The van der Waals surface area contributed by atoms with Gasteiger partial charge < -0.3 is 9.30 Å². The Kier molecular flexibility index (Phi) is 3.57. The summed E-state index contributed by atoms with van der Waals surface area (Å²) in [5.74, 6) is -0.103. The lowest BCUT2D eigenvalue weighted by molar-refractivity contribution is -0.121. The first-order valence-electron chi connectivity index (χ1n) is 8.15. The van der Waals surface area contributed by atoms with Crippen LogP contribution in [0.5, 0.6) is 5.75 Å². The first kappa shape index (κ1) is 15.4. The highest BCUT2D eigenvalue weighted by molar-refractivity contribution is 6.23. The van der Waals surface area contributed by atoms with Crippen molar-refractivity contribution in [2.45, 2.75) is 12.3 Å². The topological polar surface area (TPSA) is 51.5 Å². The van der Waals surface area contributed by atoms with E-state index in [4.69, 9.17) is 4.74 Å². The number of imide groups is 1. The molecule has 2 heterocycles. The number of ether oxygens (including phenoxy) is 1. The van der Waals surface area contributed by atoms with Crippen molar-refractivity contribution in [1.82, 2.24) is 4.57 Å². The number of carbonyl (C=O) groups is 2. The largest absolute Gasteiger partial charge is 0.497 e. The van der Waals surface area contributed by atoms with Gasteiger partial charge in [-0.25, -0.2) is 0 Å². The van der Waals surface area contributed by atoms with Gasteiger partial charge >= 0.3 is 0 Å². The molecule has 0 N–H and O–H groups in total. The van der Waals surface area contributed by atoms with Gasteiger partial charge in [-0.05, 0) is 35.9 Å². The van der Waals surface area contributed by atoms with Gasteiger partial charge in [0, 0.05) is 30.6 Å². The lowest BCUT2D eigenvalue weighted by Gasteiger charge is -2.15. The predicted molar refractivity (Wildman–Crippen MR) is 95.8 cm³/mol. The maximum absolute atomic E-state index is 13.0. The minimum atomic E-state index is -0.444. The second-order valence-corrected chi connectivity index (χ2v) is 6.23. The molecule has 0 aliphatic carbocycles. The van der Waals surface area contributed by atoms with Crippen LogP contribution in [-0.4, -0.2) is 23.5 Å². The molecule has 1 aromatic heterocycles. The Balaban J connectivity index is 1.73. The minimum Gasteiger partial charge on any atom is -0.497 e. The molecule has 25 heavy (non-hydrogen) atoms. The van der Waals surface area contributed by atoms with E-state index >= 15 is 0 Å². The molecule has 3 aromatic rings. The highest BCUT2D eigenvalue weighted by atomic mass is 16.5. The fraction of sp³-hybridized carbons (Fsp3) is 0.200. The van der Waals surface area contributed by atoms with Crippen LogP contribution < -0.4 is 9.64 Å². The van der Waals surface area contributed by atoms with E-state index in [1.54, 1.807) is 31.4 Å². The molecule has 2 amide bonds. The number of aryl methyl sites for hydroxylation is 1. The molecule has 1 atom stereocenters. The van der Waals surface area contributed by atoms with Gasteiger partial charge in [-0.3, -0.25) is 14.5 Å². The van der Waals surface area contributed by atoms with Crippen molar-refractivity contribution in [3.63, 3.8) is 0 Å². The number of hydrogen-bond donors (Lipinski definition) is 0. The number of benzene rings is 2. The van der Waals surface area contributed by atoms with Crippen LogP contribution in [0.25, 0.3) is 10.9 Å². The van der Waals surface area contributed by atoms with Crippen molar-refractivity contribution in [2.24, 2.45) is 7.05 Å². The predicted octanol–water partition coefficient (Wildman–Crippen LogP) is 3.23. The number of hydrogen-bond acceptors (Lipinski definition) is 3. The molecule has 1 fully saturated rings. The molecule has 2 aromatic carbocycles. The fourth-order valence-corrected chi connectivity index (χ4v) is 3.53. The van der Waals surface area contributed by atoms with E-state index in [9.17, 15) is 9.59 Å². The van der Waals surface area contributed by atoms with Crippen molar-refractivity contribution in [3.8, 4) is 5.75 Å². The van der Waals surface area contributed by atoms with Crippen molar-refractivity contribution in [2.75, 3.05) is 12.0 Å². The summed E-state index contributed by atoms with van der Waals surface area (Å²) in [6, 6.07) is 14.9. The summed E-state index contributed by atoms with van der Waals surface area (Å²) in [4.78, 5) is 26.8. The Labute approximate surface area is 145 Å². The molecular weight excluding hydrogens is 316 g/mol. The van der Waals surface area contributed by atoms with E-state index in [1.165, 1.54) is 4.90 Å². The van der Waals surface area contributed by atoms with Gasteiger partial charge in [-0.2, -0.15) is 0 Å². The van der Waals surface area contributed by atoms with E-state index in [0.29, 0.717) is 11.4 Å². The second kappa shape index (κ2) is 5.77. The summed E-state index contributed by atoms with van der Waals surface area (Å²) in [7, 11) is 3.53. The van der Waals surface area contributed by atoms with Crippen molar-refractivity contribution >= 4 is 28.4 Å². The van der Waals surface area contributed by atoms with Crippen LogP contribution in [0.1, 0.15) is 17.9 Å². The van der Waals surface area contributed by atoms with Gasteiger partial charge in [0.05, 0.1) is 18.7 Å². The zero-order valence-corrected chi connectivity index (χ0v) is 14.1. The Morgan fingerprint density at radius 1 is 1.04 bits per heavy atom. The molecular formula is C20H18N2O3. The molecule has 0 spiro atoms. The number of amides is 2. The number of anilines is 1. The number of rotatable bonds is 3. The van der Waals surface area contributed by atoms with Crippen LogP contribution in [0.15, 0.2) is 54.7 Å². The number of carbonyl (C=O) groups excluding carboxylic acids is 2. The Morgan fingerprint density at radius 2 is 1.76 bits per heavy atom. The smallest absolute Gasteiger partial charge is 0.241 e. The number of fused-ring (bicyclic) bond motifs is 1. The van der Waals surface area contributed by atoms with Gasteiger partial charge in [0.25, 0.3) is 0 Å². The SMILES string of the molecule is COc1ccc(N2C(=O)CC(c3cn(C)c4ccccc34)C2=O)cc1.